The van der Waals surface area contributed by atoms with Crippen LogP contribution in [0, 0.1) is 6.92 Å². The van der Waals surface area contributed by atoms with Crippen LogP contribution in [0.4, 0.5) is 5.82 Å². The van der Waals surface area contributed by atoms with Crippen molar-refractivity contribution in [3.8, 4) is 0 Å². The fourth-order valence-corrected chi connectivity index (χ4v) is 1.42. The van der Waals surface area contributed by atoms with Gasteiger partial charge in [-0.1, -0.05) is 25.9 Å². The normalized spacial score (nSPS) is 11.6. The van der Waals surface area contributed by atoms with E-state index in [1.807, 2.05) is 20.8 Å². The molecule has 1 amide bonds. The summed E-state index contributed by atoms with van der Waals surface area (Å²) >= 11 is 0. The molecule has 0 radical (unpaired) electrons. The zero-order chi connectivity index (χ0) is 13.3. The van der Waals surface area contributed by atoms with Crippen LogP contribution in [0.3, 0.4) is 0 Å². The number of amides is 1. The number of rotatable bonds is 2. The molecule has 0 unspecified atom stereocenters. The van der Waals surface area contributed by atoms with Crippen molar-refractivity contribution in [3.63, 3.8) is 0 Å². The Balaban J connectivity index is 2.10. The largest absolute Gasteiger partial charge is 0.456 e. The van der Waals surface area contributed by atoms with Gasteiger partial charge in [0, 0.05) is 11.5 Å². The molecule has 0 aromatic carbocycles. The minimum atomic E-state index is -0.336. The summed E-state index contributed by atoms with van der Waals surface area (Å²) in [6.45, 7) is 7.81. The number of hydrogen-bond acceptors (Lipinski definition) is 4. The van der Waals surface area contributed by atoms with Gasteiger partial charge in [-0.2, -0.15) is 0 Å². The number of aryl methyl sites for hydroxylation is 1. The molecule has 0 atom stereocenters. The molecule has 0 saturated carbocycles. The fourth-order valence-electron chi connectivity index (χ4n) is 1.42. The summed E-state index contributed by atoms with van der Waals surface area (Å²) < 4.78 is 10.4. The highest BCUT2D eigenvalue weighted by molar-refractivity contribution is 6.01. The van der Waals surface area contributed by atoms with E-state index in [0.717, 1.165) is 0 Å². The van der Waals surface area contributed by atoms with Gasteiger partial charge in [-0.15, -0.1) is 0 Å². The lowest BCUT2D eigenvalue weighted by atomic mass is 9.93. The van der Waals surface area contributed by atoms with Crippen molar-refractivity contribution < 1.29 is 13.7 Å². The van der Waals surface area contributed by atoms with Gasteiger partial charge in [0.1, 0.15) is 11.5 Å². The van der Waals surface area contributed by atoms with Crippen LogP contribution in [-0.4, -0.2) is 11.1 Å². The minimum absolute atomic E-state index is 0.142. The quantitative estimate of drug-likeness (QED) is 0.886. The van der Waals surface area contributed by atoms with Gasteiger partial charge in [-0.3, -0.25) is 4.79 Å². The van der Waals surface area contributed by atoms with Gasteiger partial charge in [0.05, 0.1) is 0 Å². The second-order valence-corrected chi connectivity index (χ2v) is 5.19. The number of hydrogen-bond donors (Lipinski definition) is 1. The van der Waals surface area contributed by atoms with Crippen molar-refractivity contribution in [2.75, 3.05) is 5.32 Å². The summed E-state index contributed by atoms with van der Waals surface area (Å²) in [5, 5.41) is 6.43. The van der Waals surface area contributed by atoms with Crippen LogP contribution in [0.5, 0.6) is 0 Å². The van der Waals surface area contributed by atoms with E-state index < -0.39 is 0 Å². The van der Waals surface area contributed by atoms with Gasteiger partial charge in [0.25, 0.3) is 5.91 Å². The Labute approximate surface area is 105 Å². The van der Waals surface area contributed by atoms with E-state index in [1.54, 1.807) is 25.1 Å². The van der Waals surface area contributed by atoms with Crippen LogP contribution in [0.2, 0.25) is 0 Å². The smallest absolute Gasteiger partial charge is 0.292 e. The van der Waals surface area contributed by atoms with E-state index in [1.165, 1.54) is 0 Å². The lowest BCUT2D eigenvalue weighted by Crippen LogP contribution is -2.11. The molecule has 0 aliphatic carbocycles. The average molecular weight is 248 g/mol. The molecule has 0 spiro atoms. The Hall–Kier alpha value is -2.04. The van der Waals surface area contributed by atoms with Crippen molar-refractivity contribution in [3.05, 3.63) is 35.5 Å². The van der Waals surface area contributed by atoms with Crippen LogP contribution in [0.25, 0.3) is 0 Å². The molecular formula is C13H16N2O3. The number of nitrogens with one attached hydrogen (secondary N) is 1. The molecule has 5 nitrogen and oxygen atoms in total. The second kappa shape index (κ2) is 4.33. The van der Waals surface area contributed by atoms with Gasteiger partial charge < -0.3 is 14.3 Å². The third kappa shape index (κ3) is 2.61. The van der Waals surface area contributed by atoms with E-state index in [4.69, 9.17) is 8.94 Å². The zero-order valence-corrected chi connectivity index (χ0v) is 10.9. The first-order valence-electron chi connectivity index (χ1n) is 5.71. The van der Waals surface area contributed by atoms with Crippen LogP contribution >= 0.6 is 0 Å². The van der Waals surface area contributed by atoms with E-state index in [0.29, 0.717) is 17.3 Å². The molecule has 0 saturated heterocycles. The highest BCUT2D eigenvalue weighted by Gasteiger charge is 2.21. The maximum Gasteiger partial charge on any atom is 0.292 e. The molecule has 2 aromatic rings. The SMILES string of the molecule is Cc1ccc(C(=O)Nc2cc(C(C)(C)C)on2)o1. The average Bonchev–Trinajstić information content (AvgIpc) is 2.85. The predicted molar refractivity (Wildman–Crippen MR) is 66.6 cm³/mol. The fraction of sp³-hybridized carbons (Fsp3) is 0.385. The molecule has 1 N–H and O–H groups in total. The summed E-state index contributed by atoms with van der Waals surface area (Å²) in [6.07, 6.45) is 0. The molecule has 0 fully saturated rings. The van der Waals surface area contributed by atoms with Crippen molar-refractivity contribution in [2.45, 2.75) is 33.1 Å². The number of aromatic nitrogens is 1. The second-order valence-electron chi connectivity index (χ2n) is 5.19. The van der Waals surface area contributed by atoms with Crippen LogP contribution < -0.4 is 5.32 Å². The first-order chi connectivity index (χ1) is 8.36. The third-order valence-corrected chi connectivity index (χ3v) is 2.46. The Bertz CT molecular complexity index is 561. The molecule has 5 heteroatoms. The Morgan fingerprint density at radius 3 is 2.56 bits per heavy atom. The maximum absolute atomic E-state index is 11.8. The Morgan fingerprint density at radius 2 is 2.06 bits per heavy atom. The topological polar surface area (TPSA) is 68.3 Å². The Morgan fingerprint density at radius 1 is 1.33 bits per heavy atom. The standard InChI is InChI=1S/C13H16N2O3/c1-8-5-6-9(17-8)12(16)14-11-7-10(18-15-11)13(2,3)4/h5-7H,1-4H3,(H,14,15,16). The van der Waals surface area contributed by atoms with E-state index in [9.17, 15) is 4.79 Å². The van der Waals surface area contributed by atoms with Gasteiger partial charge in [0.15, 0.2) is 11.6 Å². The minimum Gasteiger partial charge on any atom is -0.456 e. The van der Waals surface area contributed by atoms with Gasteiger partial charge >= 0.3 is 0 Å². The maximum atomic E-state index is 11.8. The lowest BCUT2D eigenvalue weighted by Gasteiger charge is -2.11. The van der Waals surface area contributed by atoms with Gasteiger partial charge in [0.2, 0.25) is 0 Å². The first kappa shape index (κ1) is 12.4. The highest BCUT2D eigenvalue weighted by Crippen LogP contribution is 2.24. The van der Waals surface area contributed by atoms with Crippen LogP contribution in [0.1, 0.15) is 42.8 Å². The van der Waals surface area contributed by atoms with Crippen molar-refractivity contribution in [1.82, 2.24) is 5.16 Å². The number of furan rings is 1. The summed E-state index contributed by atoms with van der Waals surface area (Å²) in [7, 11) is 0. The molecular weight excluding hydrogens is 232 g/mol. The molecule has 0 bridgehead atoms. The van der Waals surface area contributed by atoms with Crippen LogP contribution in [-0.2, 0) is 5.41 Å². The highest BCUT2D eigenvalue weighted by atomic mass is 16.5. The van der Waals surface area contributed by atoms with E-state index in [2.05, 4.69) is 10.5 Å². The summed E-state index contributed by atoms with van der Waals surface area (Å²) in [6, 6.07) is 5.07. The molecule has 18 heavy (non-hydrogen) atoms. The summed E-state index contributed by atoms with van der Waals surface area (Å²) in [4.78, 5) is 11.8. The van der Waals surface area contributed by atoms with Crippen molar-refractivity contribution >= 4 is 11.7 Å². The van der Waals surface area contributed by atoms with E-state index in [-0.39, 0.29) is 17.1 Å². The number of nitrogens with zero attached hydrogens (tertiary/aromatic N) is 1. The Kier molecular flexibility index (Phi) is 2.98. The molecule has 2 rings (SSSR count). The summed E-state index contributed by atoms with van der Waals surface area (Å²) in [5.41, 5.74) is -0.142. The van der Waals surface area contributed by atoms with Gasteiger partial charge in [-0.05, 0) is 19.1 Å². The number of carbonyl (C=O) groups excluding carboxylic acids is 1. The molecule has 2 heterocycles. The summed E-state index contributed by atoms with van der Waals surface area (Å²) in [5.74, 6) is 1.72. The zero-order valence-electron chi connectivity index (χ0n) is 10.9. The van der Waals surface area contributed by atoms with Gasteiger partial charge in [-0.25, -0.2) is 0 Å². The molecule has 0 aliphatic rings. The van der Waals surface area contributed by atoms with E-state index >= 15 is 0 Å². The monoisotopic (exact) mass is 248 g/mol. The third-order valence-electron chi connectivity index (χ3n) is 2.46. The predicted octanol–water partition coefficient (Wildman–Crippen LogP) is 3.13. The van der Waals surface area contributed by atoms with Crippen LogP contribution in [0.15, 0.2) is 27.1 Å². The molecule has 2 aromatic heterocycles. The first-order valence-corrected chi connectivity index (χ1v) is 5.71. The lowest BCUT2D eigenvalue weighted by molar-refractivity contribution is 0.0994. The molecule has 96 valence electrons. The number of carbonyl (C=O) groups is 1. The molecule has 0 aliphatic heterocycles. The number of anilines is 1. The van der Waals surface area contributed by atoms with Crippen molar-refractivity contribution in [1.29, 1.82) is 0 Å². The van der Waals surface area contributed by atoms with Crippen molar-refractivity contribution in [2.24, 2.45) is 0 Å².